The Morgan fingerprint density at radius 2 is 2.14 bits per heavy atom. The van der Waals surface area contributed by atoms with Crippen LogP contribution in [0.1, 0.15) is 49.8 Å². The Balaban J connectivity index is 0.00000240. The maximum atomic E-state index is 5.78. The molecule has 8 heteroatoms. The van der Waals surface area contributed by atoms with Crippen LogP contribution in [0, 0.1) is 0 Å². The molecule has 2 atom stereocenters. The summed E-state index contributed by atoms with van der Waals surface area (Å²) in [5.74, 6) is 4.34. The summed E-state index contributed by atoms with van der Waals surface area (Å²) in [5.41, 5.74) is 1.27. The highest BCUT2D eigenvalue weighted by Crippen LogP contribution is 2.33. The van der Waals surface area contributed by atoms with E-state index in [0.717, 1.165) is 75.3 Å². The van der Waals surface area contributed by atoms with E-state index in [4.69, 9.17) is 9.73 Å². The van der Waals surface area contributed by atoms with Crippen LogP contribution in [0.25, 0.3) is 0 Å². The molecule has 0 spiro atoms. The van der Waals surface area contributed by atoms with E-state index in [9.17, 15) is 0 Å². The molecule has 0 fully saturated rings. The second-order valence-corrected chi connectivity index (χ2v) is 7.45. The summed E-state index contributed by atoms with van der Waals surface area (Å²) in [5, 5.41) is 11.6. The minimum atomic E-state index is 0. The monoisotopic (exact) mass is 510 g/mol. The van der Waals surface area contributed by atoms with Gasteiger partial charge in [0.05, 0.1) is 13.2 Å². The highest BCUT2D eigenvalue weighted by molar-refractivity contribution is 14.0. The van der Waals surface area contributed by atoms with E-state index >= 15 is 0 Å². The molecule has 1 aromatic heterocycles. The van der Waals surface area contributed by atoms with Crippen molar-refractivity contribution in [3.8, 4) is 5.75 Å². The van der Waals surface area contributed by atoms with Gasteiger partial charge in [0.2, 0.25) is 0 Å². The molecule has 2 aliphatic rings. The summed E-state index contributed by atoms with van der Waals surface area (Å²) in [6, 6.07) is 8.64. The van der Waals surface area contributed by atoms with Crippen molar-refractivity contribution >= 4 is 29.9 Å². The van der Waals surface area contributed by atoms with Gasteiger partial charge in [-0.1, -0.05) is 25.1 Å². The van der Waals surface area contributed by atoms with Crippen LogP contribution in [0.4, 0.5) is 0 Å². The molecule has 2 unspecified atom stereocenters. The molecule has 29 heavy (non-hydrogen) atoms. The van der Waals surface area contributed by atoms with E-state index in [1.165, 1.54) is 5.56 Å². The zero-order valence-electron chi connectivity index (χ0n) is 17.2. The number of aromatic nitrogens is 3. The first-order valence-electron chi connectivity index (χ1n) is 10.5. The van der Waals surface area contributed by atoms with Crippen molar-refractivity contribution in [2.75, 3.05) is 19.7 Å². The van der Waals surface area contributed by atoms with Crippen LogP contribution in [0.2, 0.25) is 0 Å². The molecule has 0 amide bonds. The number of fused-ring (bicyclic) bond motifs is 2. The van der Waals surface area contributed by atoms with Crippen LogP contribution < -0.4 is 15.4 Å². The number of nitrogens with zero attached hydrogens (tertiary/aromatic N) is 4. The smallest absolute Gasteiger partial charge is 0.191 e. The Morgan fingerprint density at radius 3 is 2.97 bits per heavy atom. The van der Waals surface area contributed by atoms with Crippen LogP contribution in [-0.2, 0) is 19.4 Å². The van der Waals surface area contributed by atoms with E-state index in [0.29, 0.717) is 12.0 Å². The first kappa shape index (κ1) is 21.9. The lowest BCUT2D eigenvalue weighted by atomic mass is 9.93. The van der Waals surface area contributed by atoms with Gasteiger partial charge >= 0.3 is 0 Å². The van der Waals surface area contributed by atoms with Crippen LogP contribution in [0.15, 0.2) is 29.3 Å². The second-order valence-electron chi connectivity index (χ2n) is 7.45. The molecule has 2 aromatic rings. The van der Waals surface area contributed by atoms with Crippen molar-refractivity contribution in [3.05, 3.63) is 41.5 Å². The van der Waals surface area contributed by atoms with Gasteiger partial charge in [-0.05, 0) is 31.4 Å². The Hall–Kier alpha value is -1.84. The number of guanidine groups is 1. The Morgan fingerprint density at radius 1 is 1.28 bits per heavy atom. The maximum absolute atomic E-state index is 5.78. The van der Waals surface area contributed by atoms with E-state index in [1.807, 2.05) is 6.07 Å². The summed E-state index contributed by atoms with van der Waals surface area (Å²) in [7, 11) is 0. The van der Waals surface area contributed by atoms with Crippen LogP contribution in [-0.4, -0.2) is 46.5 Å². The molecule has 0 radical (unpaired) electrons. The SMILES string of the molecule is CCNC(=NCC1CCOc2ccccc21)NC1CCc2nc(CC)nn2C1.I. The molecule has 0 bridgehead atoms. The number of aliphatic imine (C=N–C) groups is 1. The van der Waals surface area contributed by atoms with E-state index in [2.05, 4.69) is 57.4 Å². The van der Waals surface area contributed by atoms with E-state index < -0.39 is 0 Å². The van der Waals surface area contributed by atoms with Gasteiger partial charge in [-0.2, -0.15) is 5.10 Å². The van der Waals surface area contributed by atoms with Gasteiger partial charge in [-0.3, -0.25) is 4.99 Å². The highest BCUT2D eigenvalue weighted by Gasteiger charge is 2.23. The van der Waals surface area contributed by atoms with Gasteiger partial charge in [0.1, 0.15) is 11.6 Å². The lowest BCUT2D eigenvalue weighted by molar-refractivity contribution is 0.269. The summed E-state index contributed by atoms with van der Waals surface area (Å²) < 4.78 is 7.83. The number of nitrogens with one attached hydrogen (secondary N) is 2. The fourth-order valence-electron chi connectivity index (χ4n) is 3.95. The predicted octanol–water partition coefficient (Wildman–Crippen LogP) is 2.89. The third-order valence-corrected chi connectivity index (χ3v) is 5.46. The third-order valence-electron chi connectivity index (χ3n) is 5.46. The van der Waals surface area contributed by atoms with Gasteiger partial charge in [-0.25, -0.2) is 9.67 Å². The molecule has 1 aromatic carbocycles. The third kappa shape index (κ3) is 5.21. The fraction of sp³-hybridized carbons (Fsp3) is 0.571. The average molecular weight is 510 g/mol. The first-order valence-corrected chi connectivity index (χ1v) is 10.5. The molecule has 0 saturated heterocycles. The van der Waals surface area contributed by atoms with E-state index in [1.54, 1.807) is 0 Å². The molecular formula is C21H31IN6O. The molecule has 3 heterocycles. The van der Waals surface area contributed by atoms with Gasteiger partial charge in [0, 0.05) is 37.9 Å². The minimum absolute atomic E-state index is 0. The second kappa shape index (κ2) is 10.3. The zero-order chi connectivity index (χ0) is 19.3. The summed E-state index contributed by atoms with van der Waals surface area (Å²) in [6.45, 7) is 7.41. The number of hydrogen-bond donors (Lipinski definition) is 2. The van der Waals surface area contributed by atoms with Gasteiger partial charge < -0.3 is 15.4 Å². The zero-order valence-corrected chi connectivity index (χ0v) is 19.6. The first-order chi connectivity index (χ1) is 13.8. The molecule has 0 saturated carbocycles. The van der Waals surface area contributed by atoms with Gasteiger partial charge in [0.25, 0.3) is 0 Å². The molecular weight excluding hydrogens is 479 g/mol. The van der Waals surface area contributed by atoms with E-state index in [-0.39, 0.29) is 24.0 Å². The van der Waals surface area contributed by atoms with Crippen molar-refractivity contribution < 1.29 is 4.74 Å². The summed E-state index contributed by atoms with van der Waals surface area (Å²) in [4.78, 5) is 9.51. The lowest BCUT2D eigenvalue weighted by Crippen LogP contribution is -2.47. The Kier molecular flexibility index (Phi) is 7.74. The lowest BCUT2D eigenvalue weighted by Gasteiger charge is -2.27. The van der Waals surface area contributed by atoms with Crippen LogP contribution >= 0.6 is 24.0 Å². The fourth-order valence-corrected chi connectivity index (χ4v) is 3.95. The number of hydrogen-bond acceptors (Lipinski definition) is 4. The number of rotatable bonds is 5. The minimum Gasteiger partial charge on any atom is -0.493 e. The number of halogens is 1. The summed E-state index contributed by atoms with van der Waals surface area (Å²) >= 11 is 0. The van der Waals surface area contributed by atoms with Crippen LogP contribution in [0.5, 0.6) is 5.75 Å². The molecule has 2 aliphatic heterocycles. The normalized spacial score (nSPS) is 20.7. The van der Waals surface area contributed by atoms with Crippen molar-refractivity contribution in [2.24, 2.45) is 4.99 Å². The molecule has 2 N–H and O–H groups in total. The summed E-state index contributed by atoms with van der Waals surface area (Å²) in [6.07, 6.45) is 3.89. The van der Waals surface area contributed by atoms with Crippen molar-refractivity contribution in [1.29, 1.82) is 0 Å². The van der Waals surface area contributed by atoms with Crippen molar-refractivity contribution in [1.82, 2.24) is 25.4 Å². The number of aryl methyl sites for hydroxylation is 2. The number of para-hydroxylation sites is 1. The largest absolute Gasteiger partial charge is 0.493 e. The Labute approximate surface area is 189 Å². The van der Waals surface area contributed by atoms with Crippen molar-refractivity contribution in [3.63, 3.8) is 0 Å². The molecule has 158 valence electrons. The number of benzene rings is 1. The van der Waals surface area contributed by atoms with Crippen LogP contribution in [0.3, 0.4) is 0 Å². The topological polar surface area (TPSA) is 76.4 Å². The molecule has 4 rings (SSSR count). The van der Waals surface area contributed by atoms with Gasteiger partial charge in [-0.15, -0.1) is 24.0 Å². The predicted molar refractivity (Wildman–Crippen MR) is 125 cm³/mol. The van der Waals surface area contributed by atoms with Gasteiger partial charge in [0.15, 0.2) is 11.8 Å². The molecule has 7 nitrogen and oxygen atoms in total. The number of ether oxygens (including phenoxy) is 1. The molecule has 0 aliphatic carbocycles. The highest BCUT2D eigenvalue weighted by atomic mass is 127. The Bertz CT molecular complexity index is 836. The maximum Gasteiger partial charge on any atom is 0.191 e. The quantitative estimate of drug-likeness (QED) is 0.368. The standard InChI is InChI=1S/C21H30N6O.HI/c1-3-19-25-20-10-9-16(14-27(20)26-19)24-21(22-4-2)23-13-15-11-12-28-18-8-6-5-7-17(15)18;/h5-8,15-16H,3-4,9-14H2,1-2H3,(H2,22,23,24);1H. The van der Waals surface area contributed by atoms with Crippen molar-refractivity contribution in [2.45, 2.75) is 58.0 Å². The average Bonchev–Trinajstić information content (AvgIpc) is 3.14.